The molecule has 0 saturated carbocycles. The Kier molecular flexibility index (Phi) is 4.35. The molecule has 0 radical (unpaired) electrons. The summed E-state index contributed by atoms with van der Waals surface area (Å²) >= 11 is 3.28. The predicted octanol–water partition coefficient (Wildman–Crippen LogP) is 2.08. The maximum atomic E-state index is 13.6. The highest BCUT2D eigenvalue weighted by Gasteiger charge is 2.22. The molecule has 2 rings (SSSR count). The zero-order chi connectivity index (χ0) is 13.1. The second-order valence-electron chi connectivity index (χ2n) is 4.65. The molecular formula is C13H16BrFN2O. The van der Waals surface area contributed by atoms with Crippen LogP contribution >= 0.6 is 15.9 Å². The molecule has 1 saturated heterocycles. The standard InChI is InChI=1S/C13H16BrFN2O/c14-10-3-4-12(15)9(6-10)7-13(18)17-5-1-2-11(16)8-17/h3-4,6,11H,1-2,5,7-8,16H2/t11-/m1/s1. The van der Waals surface area contributed by atoms with Gasteiger partial charge in [0.05, 0.1) is 6.42 Å². The Labute approximate surface area is 114 Å². The number of nitrogens with two attached hydrogens (primary N) is 1. The van der Waals surface area contributed by atoms with Gasteiger partial charge in [-0.15, -0.1) is 0 Å². The van der Waals surface area contributed by atoms with Crippen LogP contribution in [0, 0.1) is 5.82 Å². The molecule has 0 spiro atoms. The van der Waals surface area contributed by atoms with Crippen molar-refractivity contribution in [1.82, 2.24) is 4.90 Å². The summed E-state index contributed by atoms with van der Waals surface area (Å²) < 4.78 is 14.3. The number of carbonyl (C=O) groups is 1. The number of carbonyl (C=O) groups excluding carboxylic acids is 1. The van der Waals surface area contributed by atoms with Crippen LogP contribution in [-0.2, 0) is 11.2 Å². The molecule has 98 valence electrons. The fraction of sp³-hybridized carbons (Fsp3) is 0.462. The van der Waals surface area contributed by atoms with E-state index in [1.54, 1.807) is 17.0 Å². The summed E-state index contributed by atoms with van der Waals surface area (Å²) in [6.07, 6.45) is 1.97. The first-order valence-electron chi connectivity index (χ1n) is 6.03. The zero-order valence-corrected chi connectivity index (χ0v) is 11.6. The Balaban J connectivity index is 2.04. The highest BCUT2D eigenvalue weighted by molar-refractivity contribution is 9.10. The molecule has 0 unspecified atom stereocenters. The van der Waals surface area contributed by atoms with E-state index in [4.69, 9.17) is 5.73 Å². The Morgan fingerprint density at radius 3 is 3.06 bits per heavy atom. The monoisotopic (exact) mass is 314 g/mol. The van der Waals surface area contributed by atoms with Gasteiger partial charge < -0.3 is 10.6 Å². The summed E-state index contributed by atoms with van der Waals surface area (Å²) in [5, 5.41) is 0. The van der Waals surface area contributed by atoms with E-state index in [1.165, 1.54) is 6.07 Å². The Bertz CT molecular complexity index is 453. The molecule has 0 bridgehead atoms. The second-order valence-corrected chi connectivity index (χ2v) is 5.57. The number of hydrogen-bond acceptors (Lipinski definition) is 2. The fourth-order valence-corrected chi connectivity index (χ4v) is 2.60. The number of halogens is 2. The SMILES string of the molecule is N[C@@H]1CCCN(C(=O)Cc2cc(Br)ccc2F)C1. The minimum Gasteiger partial charge on any atom is -0.341 e. The molecule has 0 aromatic heterocycles. The molecule has 1 aromatic carbocycles. The molecule has 1 atom stereocenters. The van der Waals surface area contributed by atoms with E-state index >= 15 is 0 Å². The summed E-state index contributed by atoms with van der Waals surface area (Å²) in [6, 6.07) is 4.70. The van der Waals surface area contributed by atoms with Gasteiger partial charge in [-0.3, -0.25) is 4.79 Å². The highest BCUT2D eigenvalue weighted by atomic mass is 79.9. The van der Waals surface area contributed by atoms with Crippen molar-refractivity contribution < 1.29 is 9.18 Å². The number of piperidine rings is 1. The van der Waals surface area contributed by atoms with Crippen LogP contribution < -0.4 is 5.73 Å². The third-order valence-electron chi connectivity index (χ3n) is 3.16. The molecule has 1 aromatic rings. The molecule has 1 fully saturated rings. The first-order valence-corrected chi connectivity index (χ1v) is 6.83. The molecule has 18 heavy (non-hydrogen) atoms. The van der Waals surface area contributed by atoms with Gasteiger partial charge in [-0.2, -0.15) is 0 Å². The average Bonchev–Trinajstić information content (AvgIpc) is 2.34. The zero-order valence-electron chi connectivity index (χ0n) is 10.0. The molecule has 1 aliphatic heterocycles. The number of nitrogens with zero attached hydrogens (tertiary/aromatic N) is 1. The van der Waals surface area contributed by atoms with Crippen LogP contribution in [0.4, 0.5) is 4.39 Å². The lowest BCUT2D eigenvalue weighted by molar-refractivity contribution is -0.131. The van der Waals surface area contributed by atoms with Gasteiger partial charge >= 0.3 is 0 Å². The van der Waals surface area contributed by atoms with E-state index < -0.39 is 0 Å². The number of rotatable bonds is 2. The normalized spacial score (nSPS) is 19.9. The van der Waals surface area contributed by atoms with E-state index in [-0.39, 0.29) is 24.2 Å². The first-order chi connectivity index (χ1) is 8.56. The van der Waals surface area contributed by atoms with Crippen LogP contribution in [0.15, 0.2) is 22.7 Å². The van der Waals surface area contributed by atoms with Gasteiger partial charge in [0, 0.05) is 23.6 Å². The smallest absolute Gasteiger partial charge is 0.227 e. The van der Waals surface area contributed by atoms with Gasteiger partial charge in [-0.05, 0) is 36.6 Å². The van der Waals surface area contributed by atoms with E-state index in [2.05, 4.69) is 15.9 Å². The van der Waals surface area contributed by atoms with Gasteiger partial charge in [-0.1, -0.05) is 15.9 Å². The molecule has 5 heteroatoms. The third kappa shape index (κ3) is 3.29. The quantitative estimate of drug-likeness (QED) is 0.908. The van der Waals surface area contributed by atoms with E-state index in [1.807, 2.05) is 0 Å². The average molecular weight is 315 g/mol. The second kappa shape index (κ2) is 5.80. The van der Waals surface area contributed by atoms with Gasteiger partial charge in [0.1, 0.15) is 5.82 Å². The third-order valence-corrected chi connectivity index (χ3v) is 3.65. The lowest BCUT2D eigenvalue weighted by Gasteiger charge is -2.30. The molecular weight excluding hydrogens is 299 g/mol. The van der Waals surface area contributed by atoms with Crippen molar-refractivity contribution in [3.63, 3.8) is 0 Å². The van der Waals surface area contributed by atoms with Crippen LogP contribution in [0.2, 0.25) is 0 Å². The summed E-state index contributed by atoms with van der Waals surface area (Å²) in [5.74, 6) is -0.394. The van der Waals surface area contributed by atoms with Crippen molar-refractivity contribution in [1.29, 1.82) is 0 Å². The minimum absolute atomic E-state index is 0.0510. The summed E-state index contributed by atoms with van der Waals surface area (Å²) in [6.45, 7) is 1.30. The van der Waals surface area contributed by atoms with E-state index in [9.17, 15) is 9.18 Å². The molecule has 1 aliphatic rings. The van der Waals surface area contributed by atoms with Crippen LogP contribution in [0.3, 0.4) is 0 Å². The molecule has 3 nitrogen and oxygen atoms in total. The predicted molar refractivity (Wildman–Crippen MR) is 71.6 cm³/mol. The minimum atomic E-state index is -0.340. The Hall–Kier alpha value is -0.940. The van der Waals surface area contributed by atoms with Crippen molar-refractivity contribution in [2.24, 2.45) is 5.73 Å². The van der Waals surface area contributed by atoms with Crippen molar-refractivity contribution in [3.05, 3.63) is 34.1 Å². The van der Waals surface area contributed by atoms with E-state index in [0.717, 1.165) is 23.9 Å². The van der Waals surface area contributed by atoms with Crippen molar-refractivity contribution in [2.45, 2.75) is 25.3 Å². The van der Waals surface area contributed by atoms with Crippen molar-refractivity contribution in [2.75, 3.05) is 13.1 Å². The molecule has 0 aliphatic carbocycles. The number of amides is 1. The van der Waals surface area contributed by atoms with Gasteiger partial charge in [0.15, 0.2) is 0 Å². The molecule has 1 amide bonds. The fourth-order valence-electron chi connectivity index (χ4n) is 2.19. The maximum absolute atomic E-state index is 13.6. The highest BCUT2D eigenvalue weighted by Crippen LogP contribution is 2.17. The number of benzene rings is 1. The van der Waals surface area contributed by atoms with Crippen LogP contribution in [0.1, 0.15) is 18.4 Å². The summed E-state index contributed by atoms with van der Waals surface area (Å²) in [7, 11) is 0. The van der Waals surface area contributed by atoms with Gasteiger partial charge in [0.2, 0.25) is 5.91 Å². The first kappa shape index (κ1) is 13.5. The lowest BCUT2D eigenvalue weighted by atomic mass is 10.0. The number of likely N-dealkylation sites (tertiary alicyclic amines) is 1. The largest absolute Gasteiger partial charge is 0.341 e. The van der Waals surface area contributed by atoms with E-state index in [0.29, 0.717) is 12.1 Å². The van der Waals surface area contributed by atoms with Crippen molar-refractivity contribution in [3.8, 4) is 0 Å². The number of hydrogen-bond donors (Lipinski definition) is 1. The van der Waals surface area contributed by atoms with Gasteiger partial charge in [0.25, 0.3) is 0 Å². The van der Waals surface area contributed by atoms with Crippen LogP contribution in [0.5, 0.6) is 0 Å². The maximum Gasteiger partial charge on any atom is 0.227 e. The van der Waals surface area contributed by atoms with Crippen molar-refractivity contribution >= 4 is 21.8 Å². The Morgan fingerprint density at radius 1 is 1.56 bits per heavy atom. The lowest BCUT2D eigenvalue weighted by Crippen LogP contribution is -2.46. The summed E-state index contributed by atoms with van der Waals surface area (Å²) in [4.78, 5) is 13.8. The van der Waals surface area contributed by atoms with Gasteiger partial charge in [-0.25, -0.2) is 4.39 Å². The topological polar surface area (TPSA) is 46.3 Å². The molecule has 1 heterocycles. The molecule has 2 N–H and O–H groups in total. The Morgan fingerprint density at radius 2 is 2.33 bits per heavy atom. The summed E-state index contributed by atoms with van der Waals surface area (Å²) in [5.41, 5.74) is 6.26. The van der Waals surface area contributed by atoms with Crippen LogP contribution in [-0.4, -0.2) is 29.9 Å². The van der Waals surface area contributed by atoms with Crippen LogP contribution in [0.25, 0.3) is 0 Å².